The normalized spacial score (nSPS) is 19.9. The Morgan fingerprint density at radius 2 is 1.92 bits per heavy atom. The topological polar surface area (TPSA) is 95.7 Å². The Kier molecular flexibility index (Phi) is 6.06. The first-order valence-electron chi connectivity index (χ1n) is 8.79. The second kappa shape index (κ2) is 7.90. The van der Waals surface area contributed by atoms with Gasteiger partial charge in [-0.2, -0.15) is 0 Å². The summed E-state index contributed by atoms with van der Waals surface area (Å²) in [7, 11) is 0. The molecule has 0 saturated carbocycles. The molecule has 4 N–H and O–H groups in total. The number of hydrogen-bond acceptors (Lipinski definition) is 4. The first-order valence-corrected chi connectivity index (χ1v) is 8.79. The third-order valence-electron chi connectivity index (χ3n) is 3.97. The Morgan fingerprint density at radius 1 is 1.31 bits per heavy atom. The summed E-state index contributed by atoms with van der Waals surface area (Å²) in [5, 5.41) is 12.5. The van der Waals surface area contributed by atoms with Gasteiger partial charge in [0.1, 0.15) is 11.6 Å². The van der Waals surface area contributed by atoms with Gasteiger partial charge >= 0.3 is 0 Å². The van der Waals surface area contributed by atoms with E-state index in [0.717, 1.165) is 0 Å². The van der Waals surface area contributed by atoms with Crippen LogP contribution in [0.5, 0.6) is 0 Å². The average Bonchev–Trinajstić information content (AvgIpc) is 2.93. The lowest BCUT2D eigenvalue weighted by atomic mass is 10.1. The molecule has 0 aromatic heterocycles. The van der Waals surface area contributed by atoms with Gasteiger partial charge in [-0.05, 0) is 58.4 Å². The van der Waals surface area contributed by atoms with Gasteiger partial charge in [0, 0.05) is 29.8 Å². The van der Waals surface area contributed by atoms with Crippen LogP contribution >= 0.6 is 0 Å². The lowest BCUT2D eigenvalue weighted by Gasteiger charge is -2.24. The highest BCUT2D eigenvalue weighted by atomic mass is 16.3. The Hall–Kier alpha value is -2.36. The molecule has 0 spiro atoms. The zero-order valence-corrected chi connectivity index (χ0v) is 15.7. The largest absolute Gasteiger partial charge is 0.378 e. The molecule has 0 aliphatic carbocycles. The summed E-state index contributed by atoms with van der Waals surface area (Å²) >= 11 is 0. The highest BCUT2D eigenvalue weighted by Crippen LogP contribution is 2.20. The van der Waals surface area contributed by atoms with E-state index in [1.807, 2.05) is 13.8 Å². The van der Waals surface area contributed by atoms with Gasteiger partial charge in [-0.3, -0.25) is 9.59 Å². The van der Waals surface area contributed by atoms with Crippen molar-refractivity contribution in [3.63, 3.8) is 0 Å². The number of carbonyl (C=O) groups excluding carboxylic acids is 2. The molecular formula is C20H27N3O3. The van der Waals surface area contributed by atoms with Gasteiger partial charge in [-0.1, -0.05) is 11.8 Å². The van der Waals surface area contributed by atoms with Crippen LogP contribution in [-0.4, -0.2) is 52.1 Å². The van der Waals surface area contributed by atoms with Crippen molar-refractivity contribution in [3.8, 4) is 11.8 Å². The molecule has 1 fully saturated rings. The SMILES string of the molecule is CC(C)NC(=O)[C@@H]1C[C@@H](N)CN1C(=O)c1ccc(C#CC(C)(C)O)cc1. The number of carbonyl (C=O) groups is 2. The van der Waals surface area contributed by atoms with Crippen LogP contribution in [0, 0.1) is 11.8 Å². The molecule has 1 aliphatic rings. The predicted octanol–water partition coefficient (Wildman–Crippen LogP) is 0.875. The molecule has 1 aromatic rings. The van der Waals surface area contributed by atoms with E-state index in [9.17, 15) is 14.7 Å². The van der Waals surface area contributed by atoms with E-state index in [2.05, 4.69) is 17.2 Å². The average molecular weight is 357 g/mol. The highest BCUT2D eigenvalue weighted by molar-refractivity contribution is 5.98. The number of benzene rings is 1. The summed E-state index contributed by atoms with van der Waals surface area (Å²) in [5.74, 6) is 5.20. The molecule has 1 saturated heterocycles. The van der Waals surface area contributed by atoms with Crippen molar-refractivity contribution in [1.82, 2.24) is 10.2 Å². The molecule has 1 aliphatic heterocycles. The number of amides is 2. The van der Waals surface area contributed by atoms with Crippen molar-refractivity contribution in [1.29, 1.82) is 0 Å². The number of nitrogens with one attached hydrogen (secondary N) is 1. The fourth-order valence-corrected chi connectivity index (χ4v) is 2.81. The number of nitrogens with zero attached hydrogens (tertiary/aromatic N) is 1. The first kappa shape index (κ1) is 20.0. The molecule has 2 amide bonds. The van der Waals surface area contributed by atoms with Gasteiger partial charge in [0.2, 0.25) is 5.91 Å². The standard InChI is InChI=1S/C20H27N3O3/c1-13(2)22-18(24)17-11-16(21)12-23(17)19(25)15-7-5-14(6-8-15)9-10-20(3,4)26/h5-8,13,16-17,26H,11-12,21H2,1-4H3,(H,22,24)/t16-,17+/m1/s1. The smallest absolute Gasteiger partial charge is 0.254 e. The van der Waals surface area contributed by atoms with E-state index in [1.165, 1.54) is 0 Å². The second-order valence-corrected chi connectivity index (χ2v) is 7.52. The summed E-state index contributed by atoms with van der Waals surface area (Å²) in [6, 6.07) is 6.06. The third-order valence-corrected chi connectivity index (χ3v) is 3.97. The van der Waals surface area contributed by atoms with Crippen LogP contribution in [0.3, 0.4) is 0 Å². The number of hydrogen-bond donors (Lipinski definition) is 3. The van der Waals surface area contributed by atoms with Crippen LogP contribution in [0.15, 0.2) is 24.3 Å². The summed E-state index contributed by atoms with van der Waals surface area (Å²) in [6.07, 6.45) is 0.458. The van der Waals surface area contributed by atoms with Crippen molar-refractivity contribution in [3.05, 3.63) is 35.4 Å². The van der Waals surface area contributed by atoms with Crippen molar-refractivity contribution in [2.45, 2.75) is 57.8 Å². The summed E-state index contributed by atoms with van der Waals surface area (Å²) < 4.78 is 0. The molecule has 0 bridgehead atoms. The lowest BCUT2D eigenvalue weighted by Crippen LogP contribution is -2.47. The number of rotatable bonds is 3. The van der Waals surface area contributed by atoms with Crippen molar-refractivity contribution >= 4 is 11.8 Å². The Labute approximate surface area is 154 Å². The van der Waals surface area contributed by atoms with Gasteiger partial charge < -0.3 is 21.1 Å². The maximum atomic E-state index is 12.8. The Balaban J connectivity index is 2.16. The van der Waals surface area contributed by atoms with Gasteiger partial charge in [-0.25, -0.2) is 0 Å². The van der Waals surface area contributed by atoms with E-state index in [4.69, 9.17) is 5.73 Å². The van der Waals surface area contributed by atoms with Gasteiger partial charge in [0.15, 0.2) is 0 Å². The van der Waals surface area contributed by atoms with Crippen LogP contribution < -0.4 is 11.1 Å². The molecule has 0 unspecified atom stereocenters. The number of likely N-dealkylation sites (tertiary alicyclic amines) is 1. The number of aliphatic hydroxyl groups is 1. The maximum Gasteiger partial charge on any atom is 0.254 e. The summed E-state index contributed by atoms with van der Waals surface area (Å²) in [6.45, 7) is 7.34. The highest BCUT2D eigenvalue weighted by Gasteiger charge is 2.38. The maximum absolute atomic E-state index is 12.8. The fraction of sp³-hybridized carbons (Fsp3) is 0.500. The van der Waals surface area contributed by atoms with Gasteiger partial charge in [-0.15, -0.1) is 0 Å². The zero-order valence-electron chi connectivity index (χ0n) is 15.7. The van der Waals surface area contributed by atoms with Gasteiger partial charge in [0.05, 0.1) is 0 Å². The molecule has 1 aromatic carbocycles. The van der Waals surface area contributed by atoms with E-state index in [-0.39, 0.29) is 23.9 Å². The minimum absolute atomic E-state index is 0.00455. The van der Waals surface area contributed by atoms with Crippen molar-refractivity contribution < 1.29 is 14.7 Å². The second-order valence-electron chi connectivity index (χ2n) is 7.52. The molecule has 140 valence electrons. The van der Waals surface area contributed by atoms with E-state index < -0.39 is 11.6 Å². The Bertz CT molecular complexity index is 723. The molecule has 6 heteroatoms. The minimum atomic E-state index is -1.07. The van der Waals surface area contributed by atoms with Crippen LogP contribution in [0.25, 0.3) is 0 Å². The van der Waals surface area contributed by atoms with Crippen molar-refractivity contribution in [2.24, 2.45) is 5.73 Å². The van der Waals surface area contributed by atoms with Crippen LogP contribution in [0.1, 0.15) is 50.0 Å². The fourth-order valence-electron chi connectivity index (χ4n) is 2.81. The minimum Gasteiger partial charge on any atom is -0.378 e. The Morgan fingerprint density at radius 3 is 2.46 bits per heavy atom. The predicted molar refractivity (Wildman–Crippen MR) is 100 cm³/mol. The van der Waals surface area contributed by atoms with Crippen molar-refractivity contribution in [2.75, 3.05) is 6.54 Å². The summed E-state index contributed by atoms with van der Waals surface area (Å²) in [4.78, 5) is 26.8. The zero-order chi connectivity index (χ0) is 19.5. The van der Waals surface area contributed by atoms with E-state index in [0.29, 0.717) is 24.1 Å². The molecule has 26 heavy (non-hydrogen) atoms. The molecule has 2 atom stereocenters. The first-order chi connectivity index (χ1) is 12.1. The molecule has 1 heterocycles. The van der Waals surface area contributed by atoms with Crippen LogP contribution in [0.4, 0.5) is 0 Å². The summed E-state index contributed by atoms with van der Waals surface area (Å²) in [5.41, 5.74) is 6.10. The van der Waals surface area contributed by atoms with E-state index in [1.54, 1.807) is 43.0 Å². The third kappa shape index (κ3) is 5.32. The monoisotopic (exact) mass is 357 g/mol. The lowest BCUT2D eigenvalue weighted by molar-refractivity contribution is -0.125. The van der Waals surface area contributed by atoms with Crippen LogP contribution in [-0.2, 0) is 4.79 Å². The van der Waals surface area contributed by atoms with Gasteiger partial charge in [0.25, 0.3) is 5.91 Å². The van der Waals surface area contributed by atoms with Crippen LogP contribution in [0.2, 0.25) is 0 Å². The van der Waals surface area contributed by atoms with E-state index >= 15 is 0 Å². The quantitative estimate of drug-likeness (QED) is 0.700. The molecular weight excluding hydrogens is 330 g/mol. The molecule has 6 nitrogen and oxygen atoms in total. The number of nitrogens with two attached hydrogens (primary N) is 1. The molecule has 2 rings (SSSR count). The molecule has 0 radical (unpaired) electrons.